The van der Waals surface area contributed by atoms with E-state index in [9.17, 15) is 5.11 Å². The molecule has 0 saturated heterocycles. The van der Waals surface area contributed by atoms with Crippen LogP contribution in [-0.4, -0.2) is 14.9 Å². The summed E-state index contributed by atoms with van der Waals surface area (Å²) in [5.41, 5.74) is 2.43. The summed E-state index contributed by atoms with van der Waals surface area (Å²) in [5.74, 6) is 0. The summed E-state index contributed by atoms with van der Waals surface area (Å²) in [7, 11) is 1.85. The number of aromatic nitrogens is 2. The van der Waals surface area contributed by atoms with Gasteiger partial charge in [-0.3, -0.25) is 4.68 Å². The van der Waals surface area contributed by atoms with Gasteiger partial charge in [0.15, 0.2) is 0 Å². The van der Waals surface area contributed by atoms with E-state index >= 15 is 0 Å². The van der Waals surface area contributed by atoms with Crippen LogP contribution in [0.3, 0.4) is 0 Å². The number of nitrogens with zero attached hydrogens (tertiary/aromatic N) is 2. The summed E-state index contributed by atoms with van der Waals surface area (Å²) >= 11 is 15.6. The van der Waals surface area contributed by atoms with Crippen LogP contribution in [-0.2, 0) is 13.5 Å². The highest BCUT2D eigenvalue weighted by molar-refractivity contribution is 9.10. The fraction of sp³-hybridized carbons (Fsp3) is 0.308. The first-order chi connectivity index (χ1) is 8.91. The lowest BCUT2D eigenvalue weighted by molar-refractivity contribution is 0.175. The molecule has 0 saturated carbocycles. The Kier molecular flexibility index (Phi) is 4.56. The number of hydrogen-bond donors (Lipinski definition) is 1. The zero-order valence-electron chi connectivity index (χ0n) is 10.5. The van der Waals surface area contributed by atoms with Gasteiger partial charge in [-0.15, -0.1) is 0 Å². The van der Waals surface area contributed by atoms with E-state index in [2.05, 4.69) is 21.0 Å². The van der Waals surface area contributed by atoms with Crippen molar-refractivity contribution in [3.05, 3.63) is 49.7 Å². The predicted molar refractivity (Wildman–Crippen MR) is 80.8 cm³/mol. The normalized spacial score (nSPS) is 12.7. The van der Waals surface area contributed by atoms with Gasteiger partial charge in [-0.2, -0.15) is 5.10 Å². The van der Waals surface area contributed by atoms with E-state index in [-0.39, 0.29) is 0 Å². The maximum Gasteiger partial charge on any atom is 0.0860 e. The van der Waals surface area contributed by atoms with Gasteiger partial charge in [-0.25, -0.2) is 0 Å². The lowest BCUT2D eigenvalue weighted by Gasteiger charge is -2.14. The van der Waals surface area contributed by atoms with Gasteiger partial charge in [0, 0.05) is 19.0 Å². The van der Waals surface area contributed by atoms with Crippen LogP contribution < -0.4 is 0 Å². The van der Waals surface area contributed by atoms with Crippen LogP contribution >= 0.6 is 39.1 Å². The summed E-state index contributed by atoms with van der Waals surface area (Å²) < 4.78 is 2.66. The molecule has 0 radical (unpaired) electrons. The third-order valence-electron chi connectivity index (χ3n) is 2.99. The molecule has 0 aliphatic rings. The third-order valence-corrected chi connectivity index (χ3v) is 4.85. The lowest BCUT2D eigenvalue weighted by atomic mass is 10.0. The van der Waals surface area contributed by atoms with Gasteiger partial charge in [-0.05, 0) is 28.9 Å². The minimum Gasteiger partial charge on any atom is -0.388 e. The fourth-order valence-corrected chi connectivity index (χ4v) is 2.90. The molecule has 102 valence electrons. The number of aliphatic hydroxyl groups is 1. The standard InChI is InChI=1S/C13H13BrCl2N2O/c1-7-12(14)10(18(2)17-7)6-11(19)8-4-3-5-9(15)13(8)16/h3-5,11,19H,6H2,1-2H3. The van der Waals surface area contributed by atoms with Gasteiger partial charge in [0.1, 0.15) is 0 Å². The minimum atomic E-state index is -0.725. The highest BCUT2D eigenvalue weighted by Crippen LogP contribution is 2.33. The molecule has 19 heavy (non-hydrogen) atoms. The molecule has 1 N–H and O–H groups in total. The second-order valence-corrected chi connectivity index (χ2v) is 5.91. The topological polar surface area (TPSA) is 38.0 Å². The largest absolute Gasteiger partial charge is 0.388 e. The Hall–Kier alpha value is -0.550. The first kappa shape index (κ1) is 14.9. The van der Waals surface area contributed by atoms with Gasteiger partial charge in [-0.1, -0.05) is 35.3 Å². The molecule has 6 heteroatoms. The van der Waals surface area contributed by atoms with Crippen molar-refractivity contribution in [1.82, 2.24) is 9.78 Å². The van der Waals surface area contributed by atoms with Crippen LogP contribution in [0, 0.1) is 6.92 Å². The third kappa shape index (κ3) is 2.97. The van der Waals surface area contributed by atoms with Crippen LogP contribution in [0.2, 0.25) is 10.0 Å². The van der Waals surface area contributed by atoms with Crippen molar-refractivity contribution in [1.29, 1.82) is 0 Å². The molecule has 1 aromatic heterocycles. The molecule has 0 bridgehead atoms. The smallest absolute Gasteiger partial charge is 0.0860 e. The number of benzene rings is 1. The van der Waals surface area contributed by atoms with Crippen LogP contribution in [0.5, 0.6) is 0 Å². The predicted octanol–water partition coefficient (Wildman–Crippen LogP) is 4.07. The van der Waals surface area contributed by atoms with Crippen LogP contribution in [0.15, 0.2) is 22.7 Å². The quantitative estimate of drug-likeness (QED) is 0.892. The molecule has 1 unspecified atom stereocenters. The van der Waals surface area contributed by atoms with Crippen molar-refractivity contribution >= 4 is 39.1 Å². The zero-order valence-corrected chi connectivity index (χ0v) is 13.6. The number of halogens is 3. The molecule has 1 aromatic carbocycles. The van der Waals surface area contributed by atoms with E-state index in [4.69, 9.17) is 23.2 Å². The summed E-state index contributed by atoms with van der Waals surface area (Å²) in [4.78, 5) is 0. The van der Waals surface area contributed by atoms with E-state index in [1.807, 2.05) is 14.0 Å². The second-order valence-electron chi connectivity index (χ2n) is 4.33. The Morgan fingerprint density at radius 2 is 2.11 bits per heavy atom. The molecule has 2 aromatic rings. The Balaban J connectivity index is 2.31. The van der Waals surface area contributed by atoms with Crippen molar-refractivity contribution in [3.63, 3.8) is 0 Å². The average molecular weight is 364 g/mol. The monoisotopic (exact) mass is 362 g/mol. The second kappa shape index (κ2) is 5.83. The summed E-state index contributed by atoms with van der Waals surface area (Å²) in [6.07, 6.45) is -0.310. The van der Waals surface area contributed by atoms with Gasteiger partial charge >= 0.3 is 0 Å². The molecular formula is C13H13BrCl2N2O. The SMILES string of the molecule is Cc1nn(C)c(CC(O)c2cccc(Cl)c2Cl)c1Br. The molecule has 0 fully saturated rings. The van der Waals surface area contributed by atoms with Gasteiger partial charge in [0.2, 0.25) is 0 Å². The van der Waals surface area contributed by atoms with Gasteiger partial charge in [0.25, 0.3) is 0 Å². The number of aryl methyl sites for hydroxylation is 2. The van der Waals surface area contributed by atoms with E-state index in [1.165, 1.54) is 0 Å². The molecule has 0 spiro atoms. The van der Waals surface area contributed by atoms with Crippen molar-refractivity contribution in [2.75, 3.05) is 0 Å². The molecule has 0 amide bonds. The van der Waals surface area contributed by atoms with Gasteiger partial charge in [0.05, 0.1) is 32.0 Å². The Labute approximate surface area is 130 Å². The first-order valence-corrected chi connectivity index (χ1v) is 7.26. The van der Waals surface area contributed by atoms with Crippen LogP contribution in [0.25, 0.3) is 0 Å². The lowest BCUT2D eigenvalue weighted by Crippen LogP contribution is -2.07. The Bertz CT molecular complexity index is 613. The van der Waals surface area contributed by atoms with E-state index in [0.717, 1.165) is 15.9 Å². The van der Waals surface area contributed by atoms with Crippen molar-refractivity contribution in [3.8, 4) is 0 Å². The maximum atomic E-state index is 10.3. The van der Waals surface area contributed by atoms with Crippen molar-refractivity contribution in [2.45, 2.75) is 19.4 Å². The number of hydrogen-bond acceptors (Lipinski definition) is 2. The van der Waals surface area contributed by atoms with Crippen molar-refractivity contribution < 1.29 is 5.11 Å². The highest BCUT2D eigenvalue weighted by atomic mass is 79.9. The molecule has 3 nitrogen and oxygen atoms in total. The molecule has 1 atom stereocenters. The van der Waals surface area contributed by atoms with E-state index < -0.39 is 6.10 Å². The van der Waals surface area contributed by atoms with Crippen LogP contribution in [0.1, 0.15) is 23.1 Å². The number of rotatable bonds is 3. The van der Waals surface area contributed by atoms with E-state index in [1.54, 1.807) is 22.9 Å². The minimum absolute atomic E-state index is 0.395. The molecule has 0 aliphatic heterocycles. The zero-order chi connectivity index (χ0) is 14.2. The van der Waals surface area contributed by atoms with Crippen molar-refractivity contribution in [2.24, 2.45) is 7.05 Å². The van der Waals surface area contributed by atoms with Gasteiger partial charge < -0.3 is 5.11 Å². The maximum absolute atomic E-state index is 10.3. The van der Waals surface area contributed by atoms with Crippen LogP contribution in [0.4, 0.5) is 0 Å². The Morgan fingerprint density at radius 3 is 2.68 bits per heavy atom. The molecule has 1 heterocycles. The first-order valence-electron chi connectivity index (χ1n) is 5.71. The van der Waals surface area contributed by atoms with E-state index in [0.29, 0.717) is 22.0 Å². The highest BCUT2D eigenvalue weighted by Gasteiger charge is 2.19. The average Bonchev–Trinajstić information content (AvgIpc) is 2.59. The molecule has 2 rings (SSSR count). The molecular weight excluding hydrogens is 351 g/mol. The summed E-state index contributed by atoms with van der Waals surface area (Å²) in [6, 6.07) is 5.25. The fourth-order valence-electron chi connectivity index (χ4n) is 1.97. The Morgan fingerprint density at radius 1 is 1.42 bits per heavy atom. The molecule has 0 aliphatic carbocycles. The summed E-state index contributed by atoms with van der Waals surface area (Å²) in [6.45, 7) is 1.91. The summed E-state index contributed by atoms with van der Waals surface area (Å²) in [5, 5.41) is 15.5. The number of aliphatic hydroxyl groups excluding tert-OH is 1.